The largest absolute Gasteiger partial charge is 0.500 e. The molecule has 148 valence electrons. The highest BCUT2D eigenvalue weighted by molar-refractivity contribution is 7.85. The van der Waals surface area contributed by atoms with E-state index in [1.54, 1.807) is 27.4 Å². The van der Waals surface area contributed by atoms with Crippen molar-refractivity contribution in [1.82, 2.24) is 0 Å². The molecule has 9 heteroatoms. The Balaban J connectivity index is 0.000000294. The minimum atomic E-state index is -4.14. The number of rotatable bonds is 6. The maximum absolute atomic E-state index is 11.0. The molecule has 0 unspecified atom stereocenters. The van der Waals surface area contributed by atoms with Gasteiger partial charge in [-0.1, -0.05) is 27.2 Å². The monoisotopic (exact) mass is 403 g/mol. The second kappa shape index (κ2) is 8.72. The van der Waals surface area contributed by atoms with Gasteiger partial charge in [0.1, 0.15) is 0 Å². The molecule has 0 atom stereocenters. The summed E-state index contributed by atoms with van der Waals surface area (Å²) < 4.78 is 46.6. The fraction of sp³-hybridized carbons (Fsp3) is 0.588. The quantitative estimate of drug-likeness (QED) is 0.576. The van der Waals surface area contributed by atoms with Gasteiger partial charge in [0.2, 0.25) is 0 Å². The second-order valence-corrected chi connectivity index (χ2v) is 11.0. The maximum Gasteiger partial charge on any atom is 0.500 e. The minimum Gasteiger partial charge on any atom is -0.377 e. The van der Waals surface area contributed by atoms with Gasteiger partial charge in [0.25, 0.3) is 10.1 Å². The van der Waals surface area contributed by atoms with Crippen LogP contribution in [0.15, 0.2) is 28.1 Å². The smallest absolute Gasteiger partial charge is 0.377 e. The highest BCUT2D eigenvalue weighted by atomic mass is 32.2. The molecule has 0 aromatic heterocycles. The summed E-state index contributed by atoms with van der Waals surface area (Å²) >= 11 is 0. The Morgan fingerprint density at radius 1 is 1.15 bits per heavy atom. The lowest BCUT2D eigenvalue weighted by Crippen LogP contribution is -2.42. The van der Waals surface area contributed by atoms with Crippen LogP contribution < -0.4 is 0 Å². The number of hydrogen-bond donors (Lipinski definition) is 1. The summed E-state index contributed by atoms with van der Waals surface area (Å²) in [6.07, 6.45) is 1.03. The van der Waals surface area contributed by atoms with E-state index in [0.717, 1.165) is 29.4 Å². The molecule has 1 heterocycles. The molecule has 0 fully saturated rings. The fourth-order valence-corrected chi connectivity index (χ4v) is 4.88. The summed E-state index contributed by atoms with van der Waals surface area (Å²) in [6.45, 7) is 7.95. The van der Waals surface area contributed by atoms with Crippen LogP contribution in [0, 0.1) is 0 Å². The van der Waals surface area contributed by atoms with Crippen LogP contribution in [-0.2, 0) is 28.8 Å². The summed E-state index contributed by atoms with van der Waals surface area (Å²) in [5, 5.41) is 0. The zero-order valence-electron chi connectivity index (χ0n) is 16.5. The molecule has 0 saturated carbocycles. The molecule has 0 radical (unpaired) electrons. The van der Waals surface area contributed by atoms with Gasteiger partial charge in [-0.05, 0) is 30.7 Å². The molecule has 1 aromatic carbocycles. The van der Waals surface area contributed by atoms with Crippen molar-refractivity contribution in [2.75, 3.05) is 21.3 Å². The number of hydrogen-bond acceptors (Lipinski definition) is 6. The molecular formula is C17H29NO6SSi. The van der Waals surface area contributed by atoms with Crippen molar-refractivity contribution in [2.24, 2.45) is 4.99 Å². The molecule has 26 heavy (non-hydrogen) atoms. The van der Waals surface area contributed by atoms with Gasteiger partial charge in [-0.3, -0.25) is 9.55 Å². The normalized spacial score (nSPS) is 15.8. The van der Waals surface area contributed by atoms with Crippen LogP contribution >= 0.6 is 0 Å². The zero-order valence-corrected chi connectivity index (χ0v) is 18.3. The van der Waals surface area contributed by atoms with Gasteiger partial charge in [-0.25, -0.2) is 0 Å². The van der Waals surface area contributed by atoms with E-state index >= 15 is 0 Å². The average Bonchev–Trinajstić information content (AvgIpc) is 2.82. The molecule has 1 aliphatic heterocycles. The summed E-state index contributed by atoms with van der Waals surface area (Å²) in [6, 6.07) is 5.37. The van der Waals surface area contributed by atoms with E-state index in [-0.39, 0.29) is 10.3 Å². The first-order valence-corrected chi connectivity index (χ1v) is 11.7. The molecule has 1 N–H and O–H groups in total. The summed E-state index contributed by atoms with van der Waals surface area (Å²) in [5.41, 5.74) is 2.26. The van der Waals surface area contributed by atoms with E-state index in [4.69, 9.17) is 17.8 Å². The lowest BCUT2D eigenvalue weighted by Gasteiger charge is -2.23. The van der Waals surface area contributed by atoms with E-state index in [1.807, 2.05) is 20.8 Å². The summed E-state index contributed by atoms with van der Waals surface area (Å²) in [4.78, 5) is 4.29. The van der Waals surface area contributed by atoms with Crippen LogP contribution in [0.4, 0.5) is 5.69 Å². The predicted molar refractivity (Wildman–Crippen MR) is 104 cm³/mol. The molecule has 1 aliphatic rings. The van der Waals surface area contributed by atoms with Crippen molar-refractivity contribution in [3.63, 3.8) is 0 Å². The Morgan fingerprint density at radius 2 is 1.69 bits per heavy atom. The third kappa shape index (κ3) is 4.99. The molecule has 0 amide bonds. The van der Waals surface area contributed by atoms with Crippen molar-refractivity contribution in [3.05, 3.63) is 23.8 Å². The van der Waals surface area contributed by atoms with E-state index in [0.29, 0.717) is 0 Å². The van der Waals surface area contributed by atoms with Gasteiger partial charge in [-0.15, -0.1) is 0 Å². The van der Waals surface area contributed by atoms with E-state index in [1.165, 1.54) is 12.1 Å². The van der Waals surface area contributed by atoms with Crippen molar-refractivity contribution in [3.8, 4) is 0 Å². The van der Waals surface area contributed by atoms with Crippen molar-refractivity contribution >= 4 is 30.3 Å². The molecule has 0 aliphatic carbocycles. The van der Waals surface area contributed by atoms with Gasteiger partial charge in [0.15, 0.2) is 0 Å². The first-order valence-electron chi connectivity index (χ1n) is 8.30. The predicted octanol–water partition coefficient (Wildman–Crippen LogP) is 3.59. The lowest BCUT2D eigenvalue weighted by molar-refractivity contribution is 0.123. The molecule has 0 spiro atoms. The van der Waals surface area contributed by atoms with Crippen LogP contribution in [0.2, 0.25) is 6.04 Å². The summed E-state index contributed by atoms with van der Waals surface area (Å²) in [7, 11) is -1.46. The molecule has 0 saturated heterocycles. The SMILES string of the molecule is CC1=Nc2ccc(S(=O)(=O)O)cc2C1(C)C.CCC[Si](OC)(OC)OC. The Labute approximate surface area is 157 Å². The third-order valence-electron chi connectivity index (χ3n) is 4.62. The number of fused-ring (bicyclic) bond motifs is 1. The van der Waals surface area contributed by atoms with Gasteiger partial charge in [0, 0.05) is 38.5 Å². The Kier molecular flexibility index (Phi) is 7.70. The number of nitrogens with zero attached hydrogens (tertiary/aromatic N) is 1. The van der Waals surface area contributed by atoms with E-state index < -0.39 is 18.9 Å². The molecule has 7 nitrogen and oxygen atoms in total. The van der Waals surface area contributed by atoms with E-state index in [9.17, 15) is 8.42 Å². The first-order chi connectivity index (χ1) is 12.0. The minimum absolute atomic E-state index is 0.0794. The molecule has 0 bridgehead atoms. The third-order valence-corrected chi connectivity index (χ3v) is 8.45. The van der Waals surface area contributed by atoms with Gasteiger partial charge in [-0.2, -0.15) is 8.42 Å². The molecular weight excluding hydrogens is 374 g/mol. The average molecular weight is 404 g/mol. The van der Waals surface area contributed by atoms with Crippen LogP contribution in [0.25, 0.3) is 0 Å². The van der Waals surface area contributed by atoms with Crippen molar-refractivity contribution in [2.45, 2.75) is 50.5 Å². The van der Waals surface area contributed by atoms with Crippen LogP contribution in [0.5, 0.6) is 0 Å². The lowest BCUT2D eigenvalue weighted by atomic mass is 9.82. The van der Waals surface area contributed by atoms with Gasteiger partial charge < -0.3 is 13.3 Å². The maximum atomic E-state index is 11.0. The highest BCUT2D eigenvalue weighted by Crippen LogP contribution is 2.40. The molecule has 2 rings (SSSR count). The second-order valence-electron chi connectivity index (χ2n) is 6.52. The Bertz CT molecular complexity index is 748. The number of benzene rings is 1. The van der Waals surface area contributed by atoms with Gasteiger partial charge in [0.05, 0.1) is 10.6 Å². The standard InChI is InChI=1S/C11H13NO3S.C6H16O3Si/c1-7-11(2,3)9-6-8(16(13,14)15)4-5-10(9)12-7;1-5-6-10(7-2,8-3)9-4/h4-6H,1-3H3,(H,13,14,15);5-6H2,1-4H3. The van der Waals surface area contributed by atoms with Crippen LogP contribution in [-0.4, -0.2) is 48.8 Å². The highest BCUT2D eigenvalue weighted by Gasteiger charge is 2.36. The van der Waals surface area contributed by atoms with Crippen LogP contribution in [0.1, 0.15) is 39.7 Å². The van der Waals surface area contributed by atoms with Gasteiger partial charge >= 0.3 is 8.80 Å². The Morgan fingerprint density at radius 3 is 2.08 bits per heavy atom. The number of aliphatic imine (C=N–C) groups is 1. The molecule has 1 aromatic rings. The van der Waals surface area contributed by atoms with Crippen LogP contribution in [0.3, 0.4) is 0 Å². The van der Waals surface area contributed by atoms with Crippen molar-refractivity contribution in [1.29, 1.82) is 0 Å². The summed E-state index contributed by atoms with van der Waals surface area (Å²) in [5.74, 6) is 0. The fourth-order valence-electron chi connectivity index (χ4n) is 2.65. The zero-order chi connectivity index (χ0) is 20.2. The first kappa shape index (κ1) is 22.9. The van der Waals surface area contributed by atoms with Crippen molar-refractivity contribution < 1.29 is 26.2 Å². The topological polar surface area (TPSA) is 94.4 Å². The van der Waals surface area contributed by atoms with E-state index in [2.05, 4.69) is 11.9 Å². The Hall–Kier alpha value is -1.10.